The molecule has 0 bridgehead atoms. The minimum Gasteiger partial charge on any atom is -0.324 e. The topological polar surface area (TPSA) is 17.1 Å². The zero-order chi connectivity index (χ0) is 19.7. The lowest BCUT2D eigenvalue weighted by atomic mass is 9.44. The molecule has 5 fully saturated rings. The monoisotopic (exact) mass is 386 g/mol. The predicted molar refractivity (Wildman–Crippen MR) is 115 cm³/mol. The van der Waals surface area contributed by atoms with E-state index in [9.17, 15) is 4.79 Å². The summed E-state index contributed by atoms with van der Waals surface area (Å²) in [6.07, 6.45) is 15.6. The molecular formula is C26H44NO+. The van der Waals surface area contributed by atoms with Gasteiger partial charge in [0.25, 0.3) is 0 Å². The number of nitrogens with zero attached hydrogens (tertiary/aromatic N) is 1. The summed E-state index contributed by atoms with van der Waals surface area (Å²) in [4.78, 5) is 12.3. The van der Waals surface area contributed by atoms with Crippen LogP contribution in [0, 0.1) is 40.4 Å². The van der Waals surface area contributed by atoms with Gasteiger partial charge in [-0.1, -0.05) is 13.8 Å². The standard InChI is InChI=1S/C26H44NO/c1-18(28)22-9-10-23-21-8-7-19-17-20(27(4)15-5-6-16-27)11-13-25(19,2)24(21)12-14-26(22,23)3/h19-24H,5-17H2,1-4H3/q+1/t19-,20-,21-,22+,23-,24-,25-,26+/m0/s1. The van der Waals surface area contributed by atoms with Crippen LogP contribution in [0.25, 0.3) is 0 Å². The molecule has 28 heavy (non-hydrogen) atoms. The third kappa shape index (κ3) is 2.65. The van der Waals surface area contributed by atoms with Crippen molar-refractivity contribution >= 4 is 5.78 Å². The fourth-order valence-corrected chi connectivity index (χ4v) is 9.89. The number of quaternary nitrogens is 1. The molecule has 0 radical (unpaired) electrons. The van der Waals surface area contributed by atoms with E-state index in [2.05, 4.69) is 20.9 Å². The van der Waals surface area contributed by atoms with Crippen LogP contribution in [0.3, 0.4) is 0 Å². The van der Waals surface area contributed by atoms with Crippen molar-refractivity contribution in [1.82, 2.24) is 0 Å². The number of Topliss-reactive ketones (excluding diaryl/α,β-unsaturated/α-hetero) is 1. The van der Waals surface area contributed by atoms with Gasteiger partial charge in [-0.15, -0.1) is 0 Å². The van der Waals surface area contributed by atoms with E-state index in [-0.39, 0.29) is 0 Å². The van der Waals surface area contributed by atoms with Crippen molar-refractivity contribution in [3.8, 4) is 0 Å². The molecular weight excluding hydrogens is 342 g/mol. The first kappa shape index (κ1) is 19.6. The summed E-state index contributed by atoms with van der Waals surface area (Å²) in [7, 11) is 2.57. The molecule has 0 unspecified atom stereocenters. The molecule has 8 atom stereocenters. The first-order valence-electron chi connectivity index (χ1n) is 12.6. The highest BCUT2D eigenvalue weighted by Crippen LogP contribution is 2.67. The average Bonchev–Trinajstić information content (AvgIpc) is 3.24. The molecule has 0 amide bonds. The molecule has 158 valence electrons. The van der Waals surface area contributed by atoms with E-state index >= 15 is 0 Å². The smallest absolute Gasteiger partial charge is 0.133 e. The van der Waals surface area contributed by atoms with Gasteiger partial charge in [0.1, 0.15) is 5.78 Å². The average molecular weight is 387 g/mol. The van der Waals surface area contributed by atoms with Gasteiger partial charge >= 0.3 is 0 Å². The summed E-state index contributed by atoms with van der Waals surface area (Å²) in [5, 5.41) is 0. The quantitative estimate of drug-likeness (QED) is 0.545. The Morgan fingerprint density at radius 1 is 0.857 bits per heavy atom. The lowest BCUT2D eigenvalue weighted by Gasteiger charge is -2.61. The fourth-order valence-electron chi connectivity index (χ4n) is 9.89. The van der Waals surface area contributed by atoms with Crippen LogP contribution in [-0.4, -0.2) is 36.4 Å². The number of ketones is 1. The molecule has 0 aromatic carbocycles. The molecule has 5 rings (SSSR count). The summed E-state index contributed by atoms with van der Waals surface area (Å²) >= 11 is 0. The Kier molecular flexibility index (Phi) is 4.59. The summed E-state index contributed by atoms with van der Waals surface area (Å²) in [5.74, 6) is 4.50. The van der Waals surface area contributed by atoms with E-state index in [4.69, 9.17) is 0 Å². The fraction of sp³-hybridized carbons (Fsp3) is 0.962. The van der Waals surface area contributed by atoms with Crippen molar-refractivity contribution in [3.63, 3.8) is 0 Å². The van der Waals surface area contributed by atoms with Crippen molar-refractivity contribution < 1.29 is 9.28 Å². The highest BCUT2D eigenvalue weighted by molar-refractivity contribution is 5.79. The molecule has 4 saturated carbocycles. The molecule has 0 spiro atoms. The molecule has 2 heteroatoms. The van der Waals surface area contributed by atoms with Crippen LogP contribution in [0.2, 0.25) is 0 Å². The van der Waals surface area contributed by atoms with Gasteiger partial charge in [-0.3, -0.25) is 4.79 Å². The Morgan fingerprint density at radius 3 is 2.25 bits per heavy atom. The summed E-state index contributed by atoms with van der Waals surface area (Å²) in [6.45, 7) is 9.94. The molecule has 1 heterocycles. The summed E-state index contributed by atoms with van der Waals surface area (Å²) in [5.41, 5.74) is 0.912. The van der Waals surface area contributed by atoms with Gasteiger partial charge in [-0.25, -0.2) is 0 Å². The van der Waals surface area contributed by atoms with E-state index in [1.165, 1.54) is 88.2 Å². The van der Waals surface area contributed by atoms with Crippen molar-refractivity contribution in [2.45, 2.75) is 97.4 Å². The molecule has 2 nitrogen and oxygen atoms in total. The second kappa shape index (κ2) is 6.56. The van der Waals surface area contributed by atoms with Crippen molar-refractivity contribution in [2.75, 3.05) is 20.1 Å². The number of hydrogen-bond donors (Lipinski definition) is 0. The second-order valence-electron chi connectivity index (χ2n) is 12.5. The Morgan fingerprint density at radius 2 is 1.54 bits per heavy atom. The molecule has 0 aromatic rings. The Bertz CT molecular complexity index is 636. The number of carbonyl (C=O) groups excluding carboxylic acids is 1. The molecule has 1 aliphatic heterocycles. The van der Waals surface area contributed by atoms with Gasteiger partial charge < -0.3 is 4.48 Å². The zero-order valence-electron chi connectivity index (χ0n) is 19.0. The minimum atomic E-state index is 0.321. The molecule has 0 aromatic heterocycles. The molecule has 0 N–H and O–H groups in total. The molecule has 4 aliphatic carbocycles. The number of carbonyl (C=O) groups is 1. The summed E-state index contributed by atoms with van der Waals surface area (Å²) in [6, 6.07) is 0.944. The Labute approximate surface area is 173 Å². The Hall–Kier alpha value is -0.370. The van der Waals surface area contributed by atoms with E-state index in [1.54, 1.807) is 0 Å². The van der Waals surface area contributed by atoms with Crippen LogP contribution in [0.15, 0.2) is 0 Å². The van der Waals surface area contributed by atoms with Gasteiger partial charge in [0.2, 0.25) is 0 Å². The number of rotatable bonds is 2. The van der Waals surface area contributed by atoms with Crippen LogP contribution in [0.1, 0.15) is 91.4 Å². The third-order valence-corrected chi connectivity index (χ3v) is 11.6. The first-order valence-corrected chi connectivity index (χ1v) is 12.6. The first-order chi connectivity index (χ1) is 13.3. The maximum Gasteiger partial charge on any atom is 0.133 e. The van der Waals surface area contributed by atoms with Crippen LogP contribution < -0.4 is 0 Å². The number of hydrogen-bond acceptors (Lipinski definition) is 1. The van der Waals surface area contributed by atoms with E-state index < -0.39 is 0 Å². The zero-order valence-corrected chi connectivity index (χ0v) is 19.0. The SMILES string of the molecule is CC(=O)[C@H]1CC[C@H]2[C@@H]3CC[C@H]4C[C@@H]([N+]5(C)CCCC5)CC[C@]4(C)[C@H]3CC[C@]12C. The minimum absolute atomic E-state index is 0.321. The lowest BCUT2D eigenvalue weighted by Crippen LogP contribution is -2.58. The van der Waals surface area contributed by atoms with E-state index in [0.29, 0.717) is 22.5 Å². The number of likely N-dealkylation sites (tertiary alicyclic amines) is 1. The van der Waals surface area contributed by atoms with Crippen LogP contribution in [0.5, 0.6) is 0 Å². The highest BCUT2D eigenvalue weighted by Gasteiger charge is 2.61. The van der Waals surface area contributed by atoms with Gasteiger partial charge in [-0.2, -0.15) is 0 Å². The third-order valence-electron chi connectivity index (χ3n) is 11.6. The lowest BCUT2D eigenvalue weighted by molar-refractivity contribution is -0.924. The summed E-state index contributed by atoms with van der Waals surface area (Å²) < 4.78 is 1.39. The predicted octanol–water partition coefficient (Wildman–Crippen LogP) is 5.84. The van der Waals surface area contributed by atoms with Gasteiger partial charge in [-0.05, 0) is 92.8 Å². The van der Waals surface area contributed by atoms with Gasteiger partial charge in [0.15, 0.2) is 0 Å². The van der Waals surface area contributed by atoms with E-state index in [0.717, 1.165) is 29.7 Å². The number of fused-ring (bicyclic) bond motifs is 5. The van der Waals surface area contributed by atoms with Crippen molar-refractivity contribution in [3.05, 3.63) is 0 Å². The molecule has 5 aliphatic rings. The Balaban J connectivity index is 1.36. The van der Waals surface area contributed by atoms with Crippen LogP contribution in [0.4, 0.5) is 0 Å². The van der Waals surface area contributed by atoms with E-state index in [1.807, 2.05) is 6.92 Å². The molecule has 1 saturated heterocycles. The van der Waals surface area contributed by atoms with Crippen molar-refractivity contribution in [1.29, 1.82) is 0 Å². The maximum absolute atomic E-state index is 12.3. The maximum atomic E-state index is 12.3. The van der Waals surface area contributed by atoms with Crippen LogP contribution >= 0.6 is 0 Å². The van der Waals surface area contributed by atoms with Crippen molar-refractivity contribution in [2.24, 2.45) is 40.4 Å². The van der Waals surface area contributed by atoms with Gasteiger partial charge in [0.05, 0.1) is 26.2 Å². The van der Waals surface area contributed by atoms with Crippen LogP contribution in [-0.2, 0) is 4.79 Å². The largest absolute Gasteiger partial charge is 0.324 e. The van der Waals surface area contributed by atoms with Gasteiger partial charge in [0, 0.05) is 25.2 Å². The second-order valence-corrected chi connectivity index (χ2v) is 12.5. The normalized spacial score (nSPS) is 52.6. The highest BCUT2D eigenvalue weighted by atomic mass is 16.1.